The molecule has 1 heterocycles. The number of aliphatic hydroxyl groups excluding tert-OH is 1. The molecule has 3 N–H and O–H groups in total. The Bertz CT molecular complexity index is 995. The summed E-state index contributed by atoms with van der Waals surface area (Å²) in [6, 6.07) is 13.7. The van der Waals surface area contributed by atoms with Crippen LogP contribution in [0.15, 0.2) is 47.3 Å². The fourth-order valence-corrected chi connectivity index (χ4v) is 3.00. The quantitative estimate of drug-likeness (QED) is 0.601. The Morgan fingerprint density at radius 1 is 1.15 bits per heavy atom. The topological polar surface area (TPSA) is 74.4 Å². The van der Waals surface area contributed by atoms with Gasteiger partial charge in [-0.3, -0.25) is 4.79 Å². The van der Waals surface area contributed by atoms with Gasteiger partial charge in [0, 0.05) is 24.2 Å². The van der Waals surface area contributed by atoms with Crippen LogP contribution in [0.3, 0.4) is 0 Å². The number of ether oxygens (including phenoxy) is 1. The molecule has 1 aromatic heterocycles. The second-order valence-electron chi connectivity index (χ2n) is 7.01. The Morgan fingerprint density at radius 2 is 1.96 bits per heavy atom. The molecule has 0 bridgehead atoms. The van der Waals surface area contributed by atoms with Crippen LogP contribution in [-0.2, 0) is 6.54 Å². The number of pyridine rings is 1. The van der Waals surface area contributed by atoms with Crippen molar-refractivity contribution < 1.29 is 9.84 Å². The molecule has 142 valence electrons. The lowest BCUT2D eigenvalue weighted by Gasteiger charge is -2.15. The lowest BCUT2D eigenvalue weighted by molar-refractivity contribution is 0.106. The van der Waals surface area contributed by atoms with Gasteiger partial charge >= 0.3 is 0 Å². The van der Waals surface area contributed by atoms with Crippen LogP contribution in [0.2, 0.25) is 0 Å². The predicted octanol–water partition coefficient (Wildman–Crippen LogP) is 2.98. The third-order valence-corrected chi connectivity index (χ3v) is 4.76. The van der Waals surface area contributed by atoms with Crippen LogP contribution in [0.25, 0.3) is 10.9 Å². The lowest BCUT2D eigenvalue weighted by Crippen LogP contribution is -2.32. The summed E-state index contributed by atoms with van der Waals surface area (Å²) in [4.78, 5) is 15.1. The molecule has 1 atom stereocenters. The number of fused-ring (bicyclic) bond motifs is 1. The van der Waals surface area contributed by atoms with Crippen LogP contribution in [0.1, 0.15) is 22.3 Å². The number of aliphatic hydroxyl groups is 1. The molecule has 3 rings (SSSR count). The number of nitrogens with one attached hydrogen (secondary N) is 2. The van der Waals surface area contributed by atoms with Crippen molar-refractivity contribution >= 4 is 10.9 Å². The Kier molecular flexibility index (Phi) is 5.94. The molecule has 2 aromatic carbocycles. The van der Waals surface area contributed by atoms with E-state index in [9.17, 15) is 9.90 Å². The van der Waals surface area contributed by atoms with Gasteiger partial charge < -0.3 is 20.1 Å². The first kappa shape index (κ1) is 19.1. The number of aryl methyl sites for hydroxylation is 2. The summed E-state index contributed by atoms with van der Waals surface area (Å²) in [5.41, 5.74) is 4.75. The average molecular weight is 366 g/mol. The van der Waals surface area contributed by atoms with Gasteiger partial charge in [0.25, 0.3) is 5.56 Å². The Hall–Kier alpha value is -2.63. The molecule has 0 saturated heterocycles. The monoisotopic (exact) mass is 366 g/mol. The number of aromatic nitrogens is 1. The van der Waals surface area contributed by atoms with Gasteiger partial charge in [0.05, 0.1) is 0 Å². The molecule has 1 unspecified atom stereocenters. The SMILES string of the molecule is Cc1ccc2[nH]c(=O)c(CNCC(O)COc3cccc(C)c3C)cc2c1. The van der Waals surface area contributed by atoms with Crippen molar-refractivity contribution in [2.45, 2.75) is 33.4 Å². The van der Waals surface area contributed by atoms with E-state index < -0.39 is 6.10 Å². The van der Waals surface area contributed by atoms with Crippen LogP contribution < -0.4 is 15.6 Å². The molecule has 3 aromatic rings. The molecule has 0 saturated carbocycles. The number of aromatic amines is 1. The summed E-state index contributed by atoms with van der Waals surface area (Å²) >= 11 is 0. The zero-order valence-electron chi connectivity index (χ0n) is 16.0. The molecule has 0 amide bonds. The number of benzene rings is 2. The first-order chi connectivity index (χ1) is 12.9. The van der Waals surface area contributed by atoms with E-state index in [2.05, 4.69) is 10.3 Å². The summed E-state index contributed by atoms with van der Waals surface area (Å²) in [7, 11) is 0. The van der Waals surface area contributed by atoms with Gasteiger partial charge in [0.1, 0.15) is 18.5 Å². The molecule has 0 radical (unpaired) electrons. The molecular formula is C22H26N2O3. The van der Waals surface area contributed by atoms with Crippen LogP contribution >= 0.6 is 0 Å². The molecule has 5 heteroatoms. The van der Waals surface area contributed by atoms with Gasteiger partial charge in [-0.2, -0.15) is 0 Å². The lowest BCUT2D eigenvalue weighted by atomic mass is 10.1. The maximum atomic E-state index is 12.2. The summed E-state index contributed by atoms with van der Waals surface area (Å²) in [6.07, 6.45) is -0.660. The Balaban J connectivity index is 1.54. The maximum Gasteiger partial charge on any atom is 0.252 e. The van der Waals surface area contributed by atoms with Gasteiger partial charge in [-0.05, 0) is 61.5 Å². The summed E-state index contributed by atoms with van der Waals surface area (Å²) in [5.74, 6) is 0.787. The highest BCUT2D eigenvalue weighted by Gasteiger charge is 2.09. The molecule has 0 aliphatic carbocycles. The van der Waals surface area contributed by atoms with Crippen LogP contribution in [0.5, 0.6) is 5.75 Å². The van der Waals surface area contributed by atoms with E-state index in [4.69, 9.17) is 4.74 Å². The van der Waals surface area contributed by atoms with E-state index in [-0.39, 0.29) is 12.2 Å². The highest BCUT2D eigenvalue weighted by Crippen LogP contribution is 2.20. The van der Waals surface area contributed by atoms with Crippen molar-refractivity contribution in [3.63, 3.8) is 0 Å². The first-order valence-electron chi connectivity index (χ1n) is 9.14. The third-order valence-electron chi connectivity index (χ3n) is 4.76. The number of H-pyrrole nitrogens is 1. The second kappa shape index (κ2) is 8.37. The van der Waals surface area contributed by atoms with Crippen molar-refractivity contribution in [1.29, 1.82) is 0 Å². The predicted molar refractivity (Wildman–Crippen MR) is 108 cm³/mol. The van der Waals surface area contributed by atoms with E-state index in [0.717, 1.165) is 33.3 Å². The number of hydrogen-bond donors (Lipinski definition) is 3. The fourth-order valence-electron chi connectivity index (χ4n) is 3.00. The van der Waals surface area contributed by atoms with E-state index in [1.165, 1.54) is 0 Å². The number of rotatable bonds is 7. The average Bonchev–Trinajstić information content (AvgIpc) is 2.63. The Labute approximate surface area is 159 Å². The van der Waals surface area contributed by atoms with Gasteiger partial charge in [0.2, 0.25) is 0 Å². The van der Waals surface area contributed by atoms with E-state index in [1.807, 2.05) is 63.2 Å². The molecule has 0 fully saturated rings. The minimum absolute atomic E-state index is 0.111. The Morgan fingerprint density at radius 3 is 2.78 bits per heavy atom. The molecule has 0 aliphatic rings. The highest BCUT2D eigenvalue weighted by molar-refractivity contribution is 5.79. The van der Waals surface area contributed by atoms with E-state index in [0.29, 0.717) is 18.7 Å². The van der Waals surface area contributed by atoms with Crippen LogP contribution in [0.4, 0.5) is 0 Å². The third kappa shape index (κ3) is 4.76. The van der Waals surface area contributed by atoms with Crippen LogP contribution in [-0.4, -0.2) is 29.3 Å². The minimum Gasteiger partial charge on any atom is -0.491 e. The standard InChI is InChI=1S/C22H26N2O3/c1-14-7-8-20-17(9-14)10-18(22(26)24-20)11-23-12-19(25)13-27-21-6-4-5-15(2)16(21)3/h4-10,19,23,25H,11-13H2,1-3H3,(H,24,26). The molecular weight excluding hydrogens is 340 g/mol. The molecule has 0 spiro atoms. The molecule has 5 nitrogen and oxygen atoms in total. The zero-order chi connectivity index (χ0) is 19.4. The largest absolute Gasteiger partial charge is 0.491 e. The highest BCUT2D eigenvalue weighted by atomic mass is 16.5. The van der Waals surface area contributed by atoms with Crippen molar-refractivity contribution in [3.8, 4) is 5.75 Å². The summed E-state index contributed by atoms with van der Waals surface area (Å²) < 4.78 is 5.72. The van der Waals surface area contributed by atoms with Crippen molar-refractivity contribution in [3.05, 3.63) is 75.1 Å². The fraction of sp³-hybridized carbons (Fsp3) is 0.318. The van der Waals surface area contributed by atoms with Crippen molar-refractivity contribution in [1.82, 2.24) is 10.3 Å². The molecule has 27 heavy (non-hydrogen) atoms. The van der Waals surface area contributed by atoms with E-state index >= 15 is 0 Å². The van der Waals surface area contributed by atoms with Crippen LogP contribution in [0, 0.1) is 20.8 Å². The second-order valence-corrected chi connectivity index (χ2v) is 7.01. The van der Waals surface area contributed by atoms with Gasteiger partial charge in [-0.25, -0.2) is 0 Å². The zero-order valence-corrected chi connectivity index (χ0v) is 16.0. The van der Waals surface area contributed by atoms with Gasteiger partial charge in [-0.15, -0.1) is 0 Å². The van der Waals surface area contributed by atoms with Gasteiger partial charge in [0.15, 0.2) is 0 Å². The first-order valence-corrected chi connectivity index (χ1v) is 9.14. The summed E-state index contributed by atoms with van der Waals surface area (Å²) in [5, 5.41) is 14.3. The smallest absolute Gasteiger partial charge is 0.252 e. The normalized spacial score (nSPS) is 12.3. The van der Waals surface area contributed by atoms with E-state index in [1.54, 1.807) is 0 Å². The summed E-state index contributed by atoms with van der Waals surface area (Å²) in [6.45, 7) is 6.99. The number of hydrogen-bond acceptors (Lipinski definition) is 4. The minimum atomic E-state index is -0.660. The van der Waals surface area contributed by atoms with Crippen molar-refractivity contribution in [2.75, 3.05) is 13.2 Å². The maximum absolute atomic E-state index is 12.2. The van der Waals surface area contributed by atoms with Gasteiger partial charge in [-0.1, -0.05) is 23.8 Å². The van der Waals surface area contributed by atoms with Crippen molar-refractivity contribution in [2.24, 2.45) is 0 Å². The molecule has 0 aliphatic heterocycles.